The minimum absolute atomic E-state index is 0.258. The highest BCUT2D eigenvalue weighted by Crippen LogP contribution is 2.27. The van der Waals surface area contributed by atoms with Gasteiger partial charge in [0.15, 0.2) is 0 Å². The third-order valence-electron chi connectivity index (χ3n) is 2.57. The number of ether oxygens (including phenoxy) is 1. The van der Waals surface area contributed by atoms with Crippen LogP contribution in [0, 0.1) is 0 Å². The molecule has 0 aliphatic carbocycles. The second kappa shape index (κ2) is 5.64. The minimum atomic E-state index is -4.69. The minimum Gasteiger partial charge on any atom is -0.406 e. The van der Waals surface area contributed by atoms with Gasteiger partial charge in [-0.2, -0.15) is 5.10 Å². The van der Waals surface area contributed by atoms with Gasteiger partial charge < -0.3 is 10.6 Å². The predicted molar refractivity (Wildman–Crippen MR) is 70.3 cm³/mol. The topological polar surface area (TPSA) is 47.6 Å². The molecule has 0 fully saturated rings. The number of nitrogens with zero attached hydrogens (tertiary/aromatic N) is 1. The molecule has 0 saturated carbocycles. The summed E-state index contributed by atoms with van der Waals surface area (Å²) in [5, 5.41) is 3.46. The van der Waals surface area contributed by atoms with Gasteiger partial charge in [0.05, 0.1) is 6.21 Å². The molecular weight excluding hydrogens is 269 g/mol. The van der Waals surface area contributed by atoms with E-state index in [1.807, 2.05) is 24.3 Å². The van der Waals surface area contributed by atoms with Crippen molar-refractivity contribution in [2.75, 3.05) is 0 Å². The Morgan fingerprint density at radius 1 is 1.00 bits per heavy atom. The third kappa shape index (κ3) is 3.50. The molecule has 2 rings (SSSR count). The van der Waals surface area contributed by atoms with Gasteiger partial charge in [-0.25, -0.2) is 0 Å². The van der Waals surface area contributed by atoms with E-state index in [-0.39, 0.29) is 5.75 Å². The number of halogens is 3. The number of hydrazone groups is 1. The van der Waals surface area contributed by atoms with E-state index >= 15 is 0 Å². The van der Waals surface area contributed by atoms with Gasteiger partial charge in [0.1, 0.15) is 5.75 Å². The molecule has 0 saturated heterocycles. The fourth-order valence-electron chi connectivity index (χ4n) is 1.79. The first-order valence-corrected chi connectivity index (χ1v) is 5.68. The monoisotopic (exact) mass is 280 g/mol. The molecular formula is C14H11F3N2O. The molecule has 0 heterocycles. The van der Waals surface area contributed by atoms with Crippen molar-refractivity contribution < 1.29 is 17.9 Å². The van der Waals surface area contributed by atoms with Gasteiger partial charge in [-0.3, -0.25) is 0 Å². The van der Waals surface area contributed by atoms with Crippen molar-refractivity contribution in [2.45, 2.75) is 6.36 Å². The summed E-state index contributed by atoms with van der Waals surface area (Å²) in [5.74, 6) is 4.87. The number of alkyl halides is 3. The summed E-state index contributed by atoms with van der Waals surface area (Å²) >= 11 is 0. The lowest BCUT2D eigenvalue weighted by Gasteiger charge is -2.10. The van der Waals surface area contributed by atoms with Gasteiger partial charge in [-0.05, 0) is 23.3 Å². The van der Waals surface area contributed by atoms with E-state index in [2.05, 4.69) is 9.84 Å². The molecule has 2 aromatic rings. The van der Waals surface area contributed by atoms with Crippen LogP contribution in [0.2, 0.25) is 0 Å². The lowest BCUT2D eigenvalue weighted by Crippen LogP contribution is -2.16. The molecule has 0 atom stereocenters. The molecule has 2 aromatic carbocycles. The summed E-state index contributed by atoms with van der Waals surface area (Å²) in [6, 6.07) is 12.9. The van der Waals surface area contributed by atoms with E-state index in [4.69, 9.17) is 5.84 Å². The van der Waals surface area contributed by atoms with Crippen molar-refractivity contribution in [2.24, 2.45) is 10.9 Å². The number of hydrogen-bond donors (Lipinski definition) is 1. The van der Waals surface area contributed by atoms with Crippen molar-refractivity contribution in [3.63, 3.8) is 0 Å². The molecule has 0 bridgehead atoms. The summed E-state index contributed by atoms with van der Waals surface area (Å²) in [5.41, 5.74) is 2.34. The van der Waals surface area contributed by atoms with Crippen molar-refractivity contribution in [3.8, 4) is 16.9 Å². The van der Waals surface area contributed by atoms with Crippen LogP contribution < -0.4 is 10.6 Å². The normalized spacial score (nSPS) is 11.8. The first-order valence-electron chi connectivity index (χ1n) is 5.68. The molecule has 0 spiro atoms. The predicted octanol–water partition coefficient (Wildman–Crippen LogP) is 3.54. The Bertz CT molecular complexity index is 607. The second-order valence-corrected chi connectivity index (χ2v) is 3.94. The average molecular weight is 280 g/mol. The highest BCUT2D eigenvalue weighted by Gasteiger charge is 2.30. The van der Waals surface area contributed by atoms with E-state index in [9.17, 15) is 13.2 Å². The Hall–Kier alpha value is -2.50. The van der Waals surface area contributed by atoms with Crippen molar-refractivity contribution in [1.29, 1.82) is 0 Å². The maximum atomic E-state index is 12.1. The standard InChI is InChI=1S/C14H11F3N2O/c15-14(16,17)20-12-7-5-10(6-8-12)13-4-2-1-3-11(13)9-19-18/h1-9H,18H2. The zero-order valence-electron chi connectivity index (χ0n) is 10.3. The molecule has 20 heavy (non-hydrogen) atoms. The van der Waals surface area contributed by atoms with Crippen LogP contribution >= 0.6 is 0 Å². The fraction of sp³-hybridized carbons (Fsp3) is 0.0714. The van der Waals surface area contributed by atoms with E-state index in [0.717, 1.165) is 16.7 Å². The van der Waals surface area contributed by atoms with E-state index in [0.29, 0.717) is 0 Å². The van der Waals surface area contributed by atoms with Crippen molar-refractivity contribution in [1.82, 2.24) is 0 Å². The molecule has 0 radical (unpaired) electrons. The van der Waals surface area contributed by atoms with Crippen molar-refractivity contribution >= 4 is 6.21 Å². The van der Waals surface area contributed by atoms with Gasteiger partial charge >= 0.3 is 6.36 Å². The summed E-state index contributed by atoms with van der Waals surface area (Å²) in [6.07, 6.45) is -3.21. The number of nitrogens with two attached hydrogens (primary N) is 1. The Morgan fingerprint density at radius 3 is 2.25 bits per heavy atom. The Labute approximate surface area is 113 Å². The third-order valence-corrected chi connectivity index (χ3v) is 2.57. The lowest BCUT2D eigenvalue weighted by atomic mass is 10.0. The van der Waals surface area contributed by atoms with E-state index in [1.165, 1.54) is 18.3 Å². The highest BCUT2D eigenvalue weighted by atomic mass is 19.4. The van der Waals surface area contributed by atoms with Gasteiger partial charge in [0.25, 0.3) is 0 Å². The summed E-state index contributed by atoms with van der Waals surface area (Å²) in [7, 11) is 0. The molecule has 104 valence electrons. The molecule has 0 amide bonds. The van der Waals surface area contributed by atoms with Crippen molar-refractivity contribution in [3.05, 3.63) is 54.1 Å². The van der Waals surface area contributed by atoms with Crippen LogP contribution in [0.5, 0.6) is 5.75 Å². The SMILES string of the molecule is NN=Cc1ccccc1-c1ccc(OC(F)(F)F)cc1. The molecule has 3 nitrogen and oxygen atoms in total. The molecule has 2 N–H and O–H groups in total. The largest absolute Gasteiger partial charge is 0.573 e. The number of benzene rings is 2. The van der Waals surface area contributed by atoms with Gasteiger partial charge in [-0.1, -0.05) is 36.4 Å². The Morgan fingerprint density at radius 2 is 1.65 bits per heavy atom. The van der Waals surface area contributed by atoms with Crippen LogP contribution in [0.4, 0.5) is 13.2 Å². The van der Waals surface area contributed by atoms with E-state index in [1.54, 1.807) is 12.1 Å². The maximum Gasteiger partial charge on any atom is 0.573 e. The molecule has 0 unspecified atom stereocenters. The first-order chi connectivity index (χ1) is 9.49. The van der Waals surface area contributed by atoms with Crippen LogP contribution in [-0.4, -0.2) is 12.6 Å². The fourth-order valence-corrected chi connectivity index (χ4v) is 1.79. The molecule has 0 aromatic heterocycles. The van der Waals surface area contributed by atoms with E-state index < -0.39 is 6.36 Å². The Kier molecular flexibility index (Phi) is 3.93. The first kappa shape index (κ1) is 13.9. The maximum absolute atomic E-state index is 12.1. The second-order valence-electron chi connectivity index (χ2n) is 3.94. The van der Waals surface area contributed by atoms with Crippen LogP contribution in [0.25, 0.3) is 11.1 Å². The average Bonchev–Trinajstić information content (AvgIpc) is 2.39. The van der Waals surface area contributed by atoms with Gasteiger partial charge in [0.2, 0.25) is 0 Å². The molecule has 0 aliphatic heterocycles. The lowest BCUT2D eigenvalue weighted by molar-refractivity contribution is -0.274. The smallest absolute Gasteiger partial charge is 0.406 e. The van der Waals surface area contributed by atoms with Crippen LogP contribution in [-0.2, 0) is 0 Å². The molecule has 0 aliphatic rings. The number of hydrogen-bond acceptors (Lipinski definition) is 3. The highest BCUT2D eigenvalue weighted by molar-refractivity contribution is 5.90. The van der Waals surface area contributed by atoms with Crippen LogP contribution in [0.3, 0.4) is 0 Å². The quantitative estimate of drug-likeness (QED) is 0.531. The number of rotatable bonds is 3. The Balaban J connectivity index is 2.31. The summed E-state index contributed by atoms with van der Waals surface area (Å²) in [4.78, 5) is 0. The van der Waals surface area contributed by atoms with Gasteiger partial charge in [-0.15, -0.1) is 13.2 Å². The zero-order chi connectivity index (χ0) is 14.6. The molecule has 6 heteroatoms. The van der Waals surface area contributed by atoms with Crippen LogP contribution in [0.1, 0.15) is 5.56 Å². The summed E-state index contributed by atoms with van der Waals surface area (Å²) < 4.78 is 40.1. The van der Waals surface area contributed by atoms with Gasteiger partial charge in [0, 0.05) is 5.56 Å². The van der Waals surface area contributed by atoms with Crippen LogP contribution in [0.15, 0.2) is 53.6 Å². The zero-order valence-corrected chi connectivity index (χ0v) is 10.3. The summed E-state index contributed by atoms with van der Waals surface area (Å²) in [6.45, 7) is 0.